The quantitative estimate of drug-likeness (QED) is 0.815. The minimum Gasteiger partial charge on any atom is -0.370 e. The summed E-state index contributed by atoms with van der Waals surface area (Å²) < 4.78 is 0. The monoisotopic (exact) mass is 260 g/mol. The summed E-state index contributed by atoms with van der Waals surface area (Å²) in [4.78, 5) is 8.92. The fourth-order valence-corrected chi connectivity index (χ4v) is 3.21. The second-order valence-electron chi connectivity index (χ2n) is 5.78. The Morgan fingerprint density at radius 3 is 3.05 bits per heavy atom. The molecule has 1 aromatic heterocycles. The van der Waals surface area contributed by atoms with Crippen molar-refractivity contribution in [2.24, 2.45) is 5.92 Å². The Hall–Kier alpha value is -1.16. The second-order valence-corrected chi connectivity index (χ2v) is 5.78. The van der Waals surface area contributed by atoms with Crippen molar-refractivity contribution < 1.29 is 0 Å². The van der Waals surface area contributed by atoms with E-state index in [4.69, 9.17) is 0 Å². The first-order valence-electron chi connectivity index (χ1n) is 7.71. The molecule has 1 unspecified atom stereocenters. The van der Waals surface area contributed by atoms with Crippen molar-refractivity contribution in [2.45, 2.75) is 44.9 Å². The summed E-state index contributed by atoms with van der Waals surface area (Å²) in [6.07, 6.45) is 10.4. The number of rotatable bonds is 4. The van der Waals surface area contributed by atoms with Gasteiger partial charge in [0.1, 0.15) is 12.1 Å². The first-order valence-corrected chi connectivity index (χ1v) is 7.71. The van der Waals surface area contributed by atoms with Gasteiger partial charge in [-0.05, 0) is 57.5 Å². The van der Waals surface area contributed by atoms with Crippen LogP contribution in [-0.4, -0.2) is 29.6 Å². The average molecular weight is 260 g/mol. The van der Waals surface area contributed by atoms with E-state index in [1.807, 2.05) is 0 Å². The van der Waals surface area contributed by atoms with E-state index in [1.165, 1.54) is 56.5 Å². The van der Waals surface area contributed by atoms with Gasteiger partial charge in [0.2, 0.25) is 0 Å². The van der Waals surface area contributed by atoms with Crippen LogP contribution in [0.4, 0.5) is 5.82 Å². The number of anilines is 1. The normalized spacial score (nSPS) is 22.8. The van der Waals surface area contributed by atoms with Crippen LogP contribution < -0.4 is 10.6 Å². The van der Waals surface area contributed by atoms with Crippen LogP contribution in [0.3, 0.4) is 0 Å². The molecule has 0 bridgehead atoms. The number of hydrogen-bond donors (Lipinski definition) is 2. The molecule has 1 fully saturated rings. The van der Waals surface area contributed by atoms with E-state index in [1.54, 1.807) is 6.33 Å². The van der Waals surface area contributed by atoms with E-state index in [2.05, 4.69) is 20.6 Å². The van der Waals surface area contributed by atoms with Gasteiger partial charge in [-0.2, -0.15) is 0 Å². The minimum atomic E-state index is 0.841. The maximum Gasteiger partial charge on any atom is 0.132 e. The van der Waals surface area contributed by atoms with Gasteiger partial charge < -0.3 is 10.6 Å². The fraction of sp³-hybridized carbons (Fsp3) is 0.733. The molecular weight excluding hydrogens is 236 g/mol. The molecule has 104 valence electrons. The Labute approximate surface area is 115 Å². The summed E-state index contributed by atoms with van der Waals surface area (Å²) in [6.45, 7) is 3.41. The van der Waals surface area contributed by atoms with Crippen molar-refractivity contribution in [1.29, 1.82) is 0 Å². The molecule has 19 heavy (non-hydrogen) atoms. The van der Waals surface area contributed by atoms with E-state index in [-0.39, 0.29) is 0 Å². The Balaban J connectivity index is 1.60. The lowest BCUT2D eigenvalue weighted by Crippen LogP contribution is -2.14. The van der Waals surface area contributed by atoms with Crippen molar-refractivity contribution in [3.05, 3.63) is 17.6 Å². The molecule has 0 spiro atoms. The SMILES string of the molecule is c1nc2c(c(NCCC3CCNC3)n1)CCCCC2. The number of aryl methyl sites for hydroxylation is 1. The van der Waals surface area contributed by atoms with Crippen molar-refractivity contribution in [3.8, 4) is 0 Å². The highest BCUT2D eigenvalue weighted by Crippen LogP contribution is 2.24. The van der Waals surface area contributed by atoms with Crippen LogP contribution in [0.25, 0.3) is 0 Å². The van der Waals surface area contributed by atoms with Crippen molar-refractivity contribution in [2.75, 3.05) is 25.0 Å². The molecule has 0 saturated carbocycles. The molecule has 1 aromatic rings. The molecule has 3 rings (SSSR count). The Bertz CT molecular complexity index is 413. The van der Waals surface area contributed by atoms with Crippen molar-refractivity contribution >= 4 is 5.82 Å². The lowest BCUT2D eigenvalue weighted by Gasteiger charge is -2.14. The van der Waals surface area contributed by atoms with E-state index in [0.717, 1.165) is 31.1 Å². The largest absolute Gasteiger partial charge is 0.370 e. The molecule has 1 aliphatic heterocycles. The summed E-state index contributed by atoms with van der Waals surface area (Å²) in [7, 11) is 0. The van der Waals surface area contributed by atoms with Gasteiger partial charge in [0.25, 0.3) is 0 Å². The predicted octanol–water partition coefficient (Wildman–Crippen LogP) is 2.16. The van der Waals surface area contributed by atoms with Crippen molar-refractivity contribution in [1.82, 2.24) is 15.3 Å². The highest BCUT2D eigenvalue weighted by atomic mass is 15.0. The molecule has 1 atom stereocenters. The van der Waals surface area contributed by atoms with Gasteiger partial charge in [-0.25, -0.2) is 9.97 Å². The number of nitrogens with one attached hydrogen (secondary N) is 2. The van der Waals surface area contributed by atoms with Crippen LogP contribution in [0.5, 0.6) is 0 Å². The van der Waals surface area contributed by atoms with Crippen LogP contribution in [0.1, 0.15) is 43.4 Å². The summed E-state index contributed by atoms with van der Waals surface area (Å²) in [5.41, 5.74) is 2.65. The Morgan fingerprint density at radius 1 is 1.21 bits per heavy atom. The van der Waals surface area contributed by atoms with Crippen LogP contribution >= 0.6 is 0 Å². The first-order chi connectivity index (χ1) is 9.43. The van der Waals surface area contributed by atoms with Gasteiger partial charge in [0, 0.05) is 17.8 Å². The molecule has 4 heteroatoms. The first kappa shape index (κ1) is 12.9. The molecule has 4 nitrogen and oxygen atoms in total. The third kappa shape index (κ3) is 3.24. The molecule has 1 saturated heterocycles. The molecule has 0 aromatic carbocycles. The molecular formula is C15H24N4. The van der Waals surface area contributed by atoms with E-state index in [9.17, 15) is 0 Å². The Kier molecular flexibility index (Phi) is 4.28. The smallest absolute Gasteiger partial charge is 0.132 e. The number of hydrogen-bond acceptors (Lipinski definition) is 4. The summed E-state index contributed by atoms with van der Waals surface area (Å²) in [5, 5.41) is 6.97. The van der Waals surface area contributed by atoms with E-state index in [0.29, 0.717) is 0 Å². The van der Waals surface area contributed by atoms with Gasteiger partial charge in [-0.15, -0.1) is 0 Å². The van der Waals surface area contributed by atoms with Crippen LogP contribution in [0, 0.1) is 5.92 Å². The van der Waals surface area contributed by atoms with Crippen LogP contribution in [0.15, 0.2) is 6.33 Å². The van der Waals surface area contributed by atoms with Gasteiger partial charge in [-0.3, -0.25) is 0 Å². The third-order valence-electron chi connectivity index (χ3n) is 4.38. The lowest BCUT2D eigenvalue weighted by molar-refractivity contribution is 0.548. The number of fused-ring (bicyclic) bond motifs is 1. The zero-order chi connectivity index (χ0) is 12.9. The molecule has 2 heterocycles. The summed E-state index contributed by atoms with van der Waals surface area (Å²) >= 11 is 0. The van der Waals surface area contributed by atoms with E-state index < -0.39 is 0 Å². The summed E-state index contributed by atoms with van der Waals surface area (Å²) in [6, 6.07) is 0. The number of aromatic nitrogens is 2. The van der Waals surface area contributed by atoms with Gasteiger partial charge in [-0.1, -0.05) is 6.42 Å². The van der Waals surface area contributed by atoms with Gasteiger partial charge in [0.05, 0.1) is 0 Å². The van der Waals surface area contributed by atoms with Gasteiger partial charge in [0.15, 0.2) is 0 Å². The standard InChI is InChI=1S/C15H24N4/c1-2-4-13-14(5-3-1)18-11-19-15(13)17-9-7-12-6-8-16-10-12/h11-12,16H,1-10H2,(H,17,18,19). The zero-order valence-electron chi connectivity index (χ0n) is 11.6. The molecule has 0 amide bonds. The molecule has 2 aliphatic rings. The maximum absolute atomic E-state index is 4.46. The summed E-state index contributed by atoms with van der Waals surface area (Å²) in [5.74, 6) is 1.94. The molecule has 2 N–H and O–H groups in total. The molecule has 0 radical (unpaired) electrons. The third-order valence-corrected chi connectivity index (χ3v) is 4.38. The molecule has 1 aliphatic carbocycles. The zero-order valence-corrected chi connectivity index (χ0v) is 11.6. The Morgan fingerprint density at radius 2 is 2.16 bits per heavy atom. The predicted molar refractivity (Wildman–Crippen MR) is 77.4 cm³/mol. The average Bonchev–Trinajstić information content (AvgIpc) is 2.82. The lowest BCUT2D eigenvalue weighted by atomic mass is 10.0. The van der Waals surface area contributed by atoms with Crippen LogP contribution in [0.2, 0.25) is 0 Å². The van der Waals surface area contributed by atoms with E-state index >= 15 is 0 Å². The minimum absolute atomic E-state index is 0.841. The topological polar surface area (TPSA) is 49.8 Å². The highest BCUT2D eigenvalue weighted by Gasteiger charge is 2.16. The van der Waals surface area contributed by atoms with Gasteiger partial charge >= 0.3 is 0 Å². The van der Waals surface area contributed by atoms with Crippen molar-refractivity contribution in [3.63, 3.8) is 0 Å². The second kappa shape index (κ2) is 6.33. The highest BCUT2D eigenvalue weighted by molar-refractivity contribution is 5.46. The number of nitrogens with zero attached hydrogens (tertiary/aromatic N) is 2. The van der Waals surface area contributed by atoms with Crippen LogP contribution in [-0.2, 0) is 12.8 Å². The maximum atomic E-state index is 4.46. The fourth-order valence-electron chi connectivity index (χ4n) is 3.21.